The summed E-state index contributed by atoms with van der Waals surface area (Å²) in [6, 6.07) is 7.98. The van der Waals surface area contributed by atoms with Gasteiger partial charge in [-0.05, 0) is 74.0 Å². The third kappa shape index (κ3) is 3.38. The van der Waals surface area contributed by atoms with Gasteiger partial charge in [-0.1, -0.05) is 12.1 Å². The van der Waals surface area contributed by atoms with Gasteiger partial charge < -0.3 is 15.4 Å². The highest BCUT2D eigenvalue weighted by Gasteiger charge is 2.47. The Hall–Kier alpha value is -3.55. The number of fused-ring (bicyclic) bond motifs is 5. The Morgan fingerprint density at radius 3 is 2.53 bits per heavy atom. The standard InChI is InChI=1S/C28H26F2N4O2/c29-16-10-19-20(12-31-25(19)21(30)11-16)27-33-24-17(13-4-5-13)2-1-3-18(24)26(34-27)32-23-15-8-6-14(7-9-15)22(23)28(35)36/h1-3,10-15,22-23,31H,4-9H2,(H,35,36)(H,32,33,34)/t14?,15?,22-,23-/m1/s1. The number of nitrogens with one attached hydrogen (secondary N) is 2. The third-order valence-electron chi connectivity index (χ3n) is 8.53. The number of H-pyrrole nitrogens is 1. The van der Waals surface area contributed by atoms with E-state index in [0.29, 0.717) is 28.5 Å². The second kappa shape index (κ2) is 7.98. The van der Waals surface area contributed by atoms with Gasteiger partial charge in [0.25, 0.3) is 0 Å². The number of carboxylic acid groups (broad SMARTS) is 1. The first kappa shape index (κ1) is 21.7. The van der Waals surface area contributed by atoms with Crippen LogP contribution < -0.4 is 5.32 Å². The molecule has 6 nitrogen and oxygen atoms in total. The monoisotopic (exact) mass is 488 g/mol. The second-order valence-corrected chi connectivity index (χ2v) is 10.6. The van der Waals surface area contributed by atoms with Crippen LogP contribution in [-0.4, -0.2) is 32.1 Å². The van der Waals surface area contributed by atoms with Crippen molar-refractivity contribution in [2.24, 2.45) is 17.8 Å². The molecule has 8 rings (SSSR count). The summed E-state index contributed by atoms with van der Waals surface area (Å²) in [7, 11) is 0. The molecular weight excluding hydrogens is 462 g/mol. The molecule has 2 heterocycles. The molecule has 4 aliphatic rings. The molecule has 0 saturated heterocycles. The van der Waals surface area contributed by atoms with E-state index in [0.717, 1.165) is 61.1 Å². The van der Waals surface area contributed by atoms with Gasteiger partial charge in [-0.3, -0.25) is 4.79 Å². The Morgan fingerprint density at radius 1 is 1.00 bits per heavy atom. The molecule has 2 aromatic carbocycles. The number of halogens is 2. The number of para-hydroxylation sites is 1. The second-order valence-electron chi connectivity index (χ2n) is 10.6. The first-order valence-corrected chi connectivity index (χ1v) is 12.7. The molecule has 0 spiro atoms. The fraction of sp³-hybridized carbons (Fsp3) is 0.393. The molecule has 2 atom stereocenters. The molecule has 4 saturated carbocycles. The number of carboxylic acids is 1. The van der Waals surface area contributed by atoms with Crippen molar-refractivity contribution in [2.75, 3.05) is 5.32 Å². The van der Waals surface area contributed by atoms with Crippen LogP contribution in [0, 0.1) is 29.4 Å². The van der Waals surface area contributed by atoms with E-state index in [-0.39, 0.29) is 23.4 Å². The molecule has 36 heavy (non-hydrogen) atoms. The average molecular weight is 489 g/mol. The highest BCUT2D eigenvalue weighted by molar-refractivity contribution is 5.98. The van der Waals surface area contributed by atoms with Crippen LogP contribution in [0.3, 0.4) is 0 Å². The number of aromatic nitrogens is 3. The quantitative estimate of drug-likeness (QED) is 0.310. The first-order valence-electron chi connectivity index (χ1n) is 12.7. The van der Waals surface area contributed by atoms with Gasteiger partial charge in [0.05, 0.1) is 17.0 Å². The van der Waals surface area contributed by atoms with Gasteiger partial charge in [-0.15, -0.1) is 0 Å². The van der Waals surface area contributed by atoms with Gasteiger partial charge >= 0.3 is 5.97 Å². The molecule has 184 valence electrons. The number of hydrogen-bond acceptors (Lipinski definition) is 4. The SMILES string of the molecule is O=C(O)[C@@H]1C2CCC(CC2)[C@H]1Nc1nc(-c2c[nH]c3c(F)cc(F)cc23)nc2c(C3CC3)cccc12. The highest BCUT2D eigenvalue weighted by atomic mass is 19.1. The molecule has 0 unspecified atom stereocenters. The molecule has 4 aliphatic carbocycles. The fourth-order valence-corrected chi connectivity index (χ4v) is 6.64. The maximum Gasteiger partial charge on any atom is 0.308 e. The van der Waals surface area contributed by atoms with E-state index in [1.54, 1.807) is 6.20 Å². The van der Waals surface area contributed by atoms with Crippen LogP contribution in [0.4, 0.5) is 14.6 Å². The predicted molar refractivity (Wildman–Crippen MR) is 133 cm³/mol. The maximum atomic E-state index is 14.4. The lowest BCUT2D eigenvalue weighted by Crippen LogP contribution is -2.51. The van der Waals surface area contributed by atoms with Crippen LogP contribution >= 0.6 is 0 Å². The summed E-state index contributed by atoms with van der Waals surface area (Å²) in [6.07, 6.45) is 7.73. The molecule has 3 N–H and O–H groups in total. The number of carbonyl (C=O) groups is 1. The van der Waals surface area contributed by atoms with E-state index >= 15 is 0 Å². The summed E-state index contributed by atoms with van der Waals surface area (Å²) in [5.41, 5.74) is 2.66. The number of nitrogens with zero attached hydrogens (tertiary/aromatic N) is 2. The zero-order chi connectivity index (χ0) is 24.6. The molecular formula is C28H26F2N4O2. The van der Waals surface area contributed by atoms with Crippen LogP contribution in [0.15, 0.2) is 36.5 Å². The smallest absolute Gasteiger partial charge is 0.308 e. The van der Waals surface area contributed by atoms with Crippen molar-refractivity contribution in [1.29, 1.82) is 0 Å². The van der Waals surface area contributed by atoms with E-state index in [1.165, 1.54) is 6.07 Å². The van der Waals surface area contributed by atoms with Crippen molar-refractivity contribution >= 4 is 33.6 Å². The summed E-state index contributed by atoms with van der Waals surface area (Å²) in [5.74, 6) is -0.741. The molecule has 2 bridgehead atoms. The van der Waals surface area contributed by atoms with Gasteiger partial charge in [-0.2, -0.15) is 0 Å². The lowest BCUT2D eigenvalue weighted by molar-refractivity contribution is -0.148. The van der Waals surface area contributed by atoms with Crippen molar-refractivity contribution in [1.82, 2.24) is 15.0 Å². The molecule has 8 heteroatoms. The van der Waals surface area contributed by atoms with Gasteiger partial charge in [0.1, 0.15) is 17.5 Å². The van der Waals surface area contributed by atoms with Crippen LogP contribution in [0.5, 0.6) is 0 Å². The maximum absolute atomic E-state index is 14.4. The van der Waals surface area contributed by atoms with E-state index in [2.05, 4.69) is 16.4 Å². The average Bonchev–Trinajstić information content (AvgIpc) is 3.63. The minimum atomic E-state index is -0.762. The number of aliphatic carboxylic acids is 1. The van der Waals surface area contributed by atoms with Crippen LogP contribution in [0.1, 0.15) is 50.0 Å². The Morgan fingerprint density at radius 2 is 1.78 bits per heavy atom. The summed E-state index contributed by atoms with van der Waals surface area (Å²) < 4.78 is 28.6. The largest absolute Gasteiger partial charge is 0.481 e. The Kier molecular flexibility index (Phi) is 4.81. The summed E-state index contributed by atoms with van der Waals surface area (Å²) in [6.45, 7) is 0. The van der Waals surface area contributed by atoms with Gasteiger partial charge in [0, 0.05) is 34.6 Å². The van der Waals surface area contributed by atoms with Crippen LogP contribution in [0.25, 0.3) is 33.2 Å². The van der Waals surface area contributed by atoms with E-state index in [4.69, 9.17) is 9.97 Å². The molecule has 0 radical (unpaired) electrons. The zero-order valence-corrected chi connectivity index (χ0v) is 19.6. The van der Waals surface area contributed by atoms with Gasteiger partial charge in [-0.25, -0.2) is 18.7 Å². The Balaban J connectivity index is 1.41. The lowest BCUT2D eigenvalue weighted by Gasteiger charge is -2.47. The van der Waals surface area contributed by atoms with E-state index < -0.39 is 23.5 Å². The van der Waals surface area contributed by atoms with Crippen LogP contribution in [-0.2, 0) is 4.79 Å². The molecule has 0 amide bonds. The van der Waals surface area contributed by atoms with E-state index in [9.17, 15) is 18.7 Å². The van der Waals surface area contributed by atoms with Crippen molar-refractivity contribution in [3.8, 4) is 11.4 Å². The number of anilines is 1. The highest BCUT2D eigenvalue weighted by Crippen LogP contribution is 2.48. The van der Waals surface area contributed by atoms with Gasteiger partial charge in [0.2, 0.25) is 0 Å². The van der Waals surface area contributed by atoms with Crippen LogP contribution in [0.2, 0.25) is 0 Å². The first-order chi connectivity index (χ1) is 17.5. The Bertz CT molecular complexity index is 1520. The minimum Gasteiger partial charge on any atom is -0.481 e. The molecule has 2 aromatic heterocycles. The summed E-state index contributed by atoms with van der Waals surface area (Å²) in [4.78, 5) is 25.0. The summed E-state index contributed by atoms with van der Waals surface area (Å²) in [5, 5.41) is 14.9. The van der Waals surface area contributed by atoms with Crippen molar-refractivity contribution in [3.05, 3.63) is 53.7 Å². The predicted octanol–water partition coefficient (Wildman–Crippen LogP) is 6.24. The van der Waals surface area contributed by atoms with Gasteiger partial charge in [0.15, 0.2) is 5.82 Å². The number of benzene rings is 2. The van der Waals surface area contributed by atoms with Crippen molar-refractivity contribution in [2.45, 2.75) is 50.5 Å². The Labute approximate surface area is 206 Å². The van der Waals surface area contributed by atoms with Crippen molar-refractivity contribution < 1.29 is 18.7 Å². The fourth-order valence-electron chi connectivity index (χ4n) is 6.64. The molecule has 0 aliphatic heterocycles. The van der Waals surface area contributed by atoms with E-state index in [1.807, 2.05) is 12.1 Å². The number of rotatable bonds is 5. The van der Waals surface area contributed by atoms with Crippen molar-refractivity contribution in [3.63, 3.8) is 0 Å². The minimum absolute atomic E-state index is 0.166. The normalized spacial score (nSPS) is 25.5. The number of hydrogen-bond donors (Lipinski definition) is 3. The summed E-state index contributed by atoms with van der Waals surface area (Å²) >= 11 is 0. The number of aromatic amines is 1. The molecule has 4 fully saturated rings. The third-order valence-corrected chi connectivity index (χ3v) is 8.53. The zero-order valence-electron chi connectivity index (χ0n) is 19.6. The lowest BCUT2D eigenvalue weighted by atomic mass is 9.61. The molecule has 4 aromatic rings. The topological polar surface area (TPSA) is 90.9 Å².